The Morgan fingerprint density at radius 3 is 1.92 bits per heavy atom. The molecular formula is C22H34O2. The van der Waals surface area contributed by atoms with Gasteiger partial charge >= 0.3 is 0 Å². The van der Waals surface area contributed by atoms with Gasteiger partial charge in [0.1, 0.15) is 0 Å². The molecule has 24 heavy (non-hydrogen) atoms. The summed E-state index contributed by atoms with van der Waals surface area (Å²) < 4.78 is 12.2. The summed E-state index contributed by atoms with van der Waals surface area (Å²) in [6.07, 6.45) is 7.84. The fourth-order valence-corrected chi connectivity index (χ4v) is 4.52. The van der Waals surface area contributed by atoms with Crippen molar-refractivity contribution < 1.29 is 9.47 Å². The average molecular weight is 331 g/mol. The highest BCUT2D eigenvalue weighted by Crippen LogP contribution is 2.55. The first kappa shape index (κ1) is 17.9. The van der Waals surface area contributed by atoms with Crippen molar-refractivity contribution in [1.82, 2.24) is 0 Å². The van der Waals surface area contributed by atoms with Gasteiger partial charge in [-0.2, -0.15) is 0 Å². The van der Waals surface area contributed by atoms with Gasteiger partial charge in [0.05, 0.1) is 23.9 Å². The fourth-order valence-electron chi connectivity index (χ4n) is 4.52. The zero-order valence-corrected chi connectivity index (χ0v) is 16.2. The van der Waals surface area contributed by atoms with Crippen LogP contribution < -0.4 is 0 Å². The van der Waals surface area contributed by atoms with Crippen molar-refractivity contribution in [2.45, 2.75) is 102 Å². The Labute approximate surface area is 147 Å². The molecular weight excluding hydrogens is 296 g/mol. The van der Waals surface area contributed by atoms with Gasteiger partial charge < -0.3 is 9.47 Å². The minimum atomic E-state index is -0.0795. The molecule has 0 unspecified atom stereocenters. The van der Waals surface area contributed by atoms with E-state index >= 15 is 0 Å². The molecule has 2 heteroatoms. The molecule has 0 N–H and O–H groups in total. The molecule has 0 amide bonds. The van der Waals surface area contributed by atoms with E-state index in [0.29, 0.717) is 18.1 Å². The van der Waals surface area contributed by atoms with Crippen molar-refractivity contribution in [2.24, 2.45) is 0 Å². The molecule has 0 spiro atoms. The van der Waals surface area contributed by atoms with Gasteiger partial charge in [-0.3, -0.25) is 0 Å². The maximum Gasteiger partial charge on any atom is 0.0724 e. The van der Waals surface area contributed by atoms with Crippen LogP contribution in [0.4, 0.5) is 0 Å². The third kappa shape index (κ3) is 3.86. The molecule has 4 rings (SSSR count). The van der Waals surface area contributed by atoms with Crippen LogP contribution >= 0.6 is 0 Å². The Balaban J connectivity index is 1.66. The molecule has 0 heterocycles. The van der Waals surface area contributed by atoms with Crippen molar-refractivity contribution >= 4 is 0 Å². The van der Waals surface area contributed by atoms with Crippen LogP contribution in [-0.4, -0.2) is 17.3 Å². The summed E-state index contributed by atoms with van der Waals surface area (Å²) in [4.78, 5) is 0. The highest BCUT2D eigenvalue weighted by Gasteiger charge is 2.50. The van der Waals surface area contributed by atoms with Crippen molar-refractivity contribution in [3.8, 4) is 0 Å². The van der Waals surface area contributed by atoms with Crippen LogP contribution in [-0.2, 0) is 21.5 Å². The second-order valence-electron chi connectivity index (χ2n) is 9.23. The largest absolute Gasteiger partial charge is 0.372 e. The van der Waals surface area contributed by atoms with Crippen LogP contribution in [0.1, 0.15) is 84.3 Å². The summed E-state index contributed by atoms with van der Waals surface area (Å²) in [5, 5.41) is 0. The molecule has 134 valence electrons. The van der Waals surface area contributed by atoms with Crippen LogP contribution in [0.25, 0.3) is 0 Å². The van der Waals surface area contributed by atoms with E-state index in [-0.39, 0.29) is 11.2 Å². The van der Waals surface area contributed by atoms with Crippen LogP contribution in [0.5, 0.6) is 0 Å². The molecule has 2 bridgehead atoms. The van der Waals surface area contributed by atoms with E-state index < -0.39 is 0 Å². The van der Waals surface area contributed by atoms with Crippen molar-refractivity contribution in [3.63, 3.8) is 0 Å². The number of ether oxygens (including phenoxy) is 2. The second-order valence-corrected chi connectivity index (χ2v) is 9.23. The van der Waals surface area contributed by atoms with E-state index in [0.717, 1.165) is 0 Å². The molecule has 0 atom stereocenters. The molecule has 0 radical (unpaired) electrons. The number of hydrogen-bond donors (Lipinski definition) is 0. The molecule has 1 aromatic rings. The lowest BCUT2D eigenvalue weighted by Crippen LogP contribution is -2.50. The summed E-state index contributed by atoms with van der Waals surface area (Å²) in [7, 11) is 0. The van der Waals surface area contributed by atoms with E-state index in [1.54, 1.807) is 0 Å². The van der Waals surface area contributed by atoms with Gasteiger partial charge in [-0.1, -0.05) is 24.3 Å². The van der Waals surface area contributed by atoms with Crippen LogP contribution in [0.3, 0.4) is 0 Å². The predicted octanol–water partition coefficient (Wildman–Crippen LogP) is 5.77. The molecule has 3 aliphatic carbocycles. The Kier molecular flexibility index (Phi) is 4.83. The van der Waals surface area contributed by atoms with Gasteiger partial charge in [-0.05, 0) is 89.7 Å². The van der Waals surface area contributed by atoms with Crippen LogP contribution in [0, 0.1) is 0 Å². The standard InChI is InChI=1S/C22H34O2/c1-17(2)24-22-13-10-21(11-14-22,12-15-22)19-8-6-18(7-9-19)16-23-20(3,4)5/h6-9,17H,10-16H2,1-5H3. The Bertz CT molecular complexity index is 526. The summed E-state index contributed by atoms with van der Waals surface area (Å²) in [6.45, 7) is 11.4. The molecule has 3 fully saturated rings. The lowest BCUT2D eigenvalue weighted by atomic mass is 9.56. The molecule has 0 saturated heterocycles. The number of fused-ring (bicyclic) bond motifs is 3. The van der Waals surface area contributed by atoms with E-state index in [4.69, 9.17) is 9.47 Å². The monoisotopic (exact) mass is 330 g/mol. The smallest absolute Gasteiger partial charge is 0.0724 e. The van der Waals surface area contributed by atoms with Crippen molar-refractivity contribution in [1.29, 1.82) is 0 Å². The first-order chi connectivity index (χ1) is 11.2. The van der Waals surface area contributed by atoms with E-state index in [9.17, 15) is 0 Å². The van der Waals surface area contributed by atoms with Crippen molar-refractivity contribution in [3.05, 3.63) is 35.4 Å². The molecule has 3 saturated carbocycles. The average Bonchev–Trinajstić information content (AvgIpc) is 2.53. The van der Waals surface area contributed by atoms with Crippen molar-refractivity contribution in [2.75, 3.05) is 0 Å². The fraction of sp³-hybridized carbons (Fsp3) is 0.727. The normalized spacial score (nSPS) is 30.1. The van der Waals surface area contributed by atoms with E-state index in [1.165, 1.54) is 49.7 Å². The van der Waals surface area contributed by atoms with Gasteiger partial charge in [0, 0.05) is 0 Å². The van der Waals surface area contributed by atoms with Gasteiger partial charge in [0.2, 0.25) is 0 Å². The molecule has 0 aliphatic heterocycles. The number of benzene rings is 1. The minimum Gasteiger partial charge on any atom is -0.372 e. The van der Waals surface area contributed by atoms with Gasteiger partial charge in [-0.15, -0.1) is 0 Å². The highest BCUT2D eigenvalue weighted by atomic mass is 16.5. The molecule has 1 aromatic carbocycles. The van der Waals surface area contributed by atoms with Gasteiger partial charge in [-0.25, -0.2) is 0 Å². The summed E-state index contributed by atoms with van der Waals surface area (Å²) in [6, 6.07) is 9.22. The SMILES string of the molecule is CC(C)OC12CCC(c3ccc(COC(C)(C)C)cc3)(CC1)CC2. The molecule has 3 aliphatic rings. The van der Waals surface area contributed by atoms with Crippen LogP contribution in [0.2, 0.25) is 0 Å². The van der Waals surface area contributed by atoms with Gasteiger partial charge in [0.25, 0.3) is 0 Å². The third-order valence-electron chi connectivity index (χ3n) is 5.90. The predicted molar refractivity (Wildman–Crippen MR) is 99.3 cm³/mol. The van der Waals surface area contributed by atoms with Gasteiger partial charge in [0.15, 0.2) is 0 Å². The zero-order chi connectivity index (χ0) is 17.4. The number of rotatable bonds is 5. The summed E-state index contributed by atoms with van der Waals surface area (Å²) >= 11 is 0. The molecule has 0 aromatic heterocycles. The summed E-state index contributed by atoms with van der Waals surface area (Å²) in [5.41, 5.74) is 3.29. The maximum atomic E-state index is 6.31. The van der Waals surface area contributed by atoms with Crippen LogP contribution in [0.15, 0.2) is 24.3 Å². The minimum absolute atomic E-state index is 0.0795. The zero-order valence-electron chi connectivity index (χ0n) is 16.2. The van der Waals surface area contributed by atoms with E-state index in [2.05, 4.69) is 58.9 Å². The summed E-state index contributed by atoms with van der Waals surface area (Å²) in [5.74, 6) is 0. The first-order valence-corrected chi connectivity index (χ1v) is 9.63. The highest BCUT2D eigenvalue weighted by molar-refractivity contribution is 5.31. The Morgan fingerprint density at radius 2 is 1.46 bits per heavy atom. The third-order valence-corrected chi connectivity index (χ3v) is 5.90. The topological polar surface area (TPSA) is 18.5 Å². The number of hydrogen-bond acceptors (Lipinski definition) is 2. The second kappa shape index (κ2) is 6.46. The molecule has 2 nitrogen and oxygen atoms in total. The Hall–Kier alpha value is -0.860. The quantitative estimate of drug-likeness (QED) is 0.682. The lowest BCUT2D eigenvalue weighted by Gasteiger charge is -2.54. The Morgan fingerprint density at radius 1 is 0.917 bits per heavy atom. The lowest BCUT2D eigenvalue weighted by molar-refractivity contribution is -0.142. The first-order valence-electron chi connectivity index (χ1n) is 9.63. The maximum absolute atomic E-state index is 6.31. The van der Waals surface area contributed by atoms with E-state index in [1.807, 2.05) is 0 Å².